The maximum Gasteiger partial charge on any atom is 0.394 e. The normalized spacial score (nSPS) is 39.3. The van der Waals surface area contributed by atoms with E-state index in [2.05, 4.69) is 0 Å². The molecule has 4 bridgehead atoms. The Balaban J connectivity index is 1.61. The van der Waals surface area contributed by atoms with Crippen molar-refractivity contribution in [1.29, 1.82) is 0 Å². The second-order valence-corrected chi connectivity index (χ2v) is 7.20. The highest BCUT2D eigenvalue weighted by atomic mass is 16.4. The minimum atomic E-state index is -1.34. The number of hydrogen-bond acceptors (Lipinski definition) is 2. The molecule has 4 saturated carbocycles. The molecule has 1 N–H and O–H groups in total. The summed E-state index contributed by atoms with van der Waals surface area (Å²) in [5.74, 6) is 0.614. The maximum atomic E-state index is 11.4. The summed E-state index contributed by atoms with van der Waals surface area (Å²) in [5, 5.41) is 8.72. The monoisotopic (exact) mass is 265 g/mol. The van der Waals surface area contributed by atoms with Gasteiger partial charge in [0.25, 0.3) is 0 Å². The quantitative estimate of drug-likeness (QED) is 0.795. The Labute approximate surface area is 114 Å². The van der Waals surface area contributed by atoms with E-state index in [0.717, 1.165) is 24.2 Å². The Bertz CT molecular complexity index is 369. The molecule has 4 rings (SSSR count). The fraction of sp³-hybridized carbons (Fsp3) is 0.867. The molecule has 4 aliphatic rings. The van der Waals surface area contributed by atoms with Crippen LogP contribution >= 0.6 is 0 Å². The highest BCUT2D eigenvalue weighted by Gasteiger charge is 2.50. The summed E-state index contributed by atoms with van der Waals surface area (Å²) in [6, 6.07) is 0. The molecule has 4 heteroatoms. The lowest BCUT2D eigenvalue weighted by atomic mass is 9.49. The number of carboxylic acids is 1. The molecule has 0 aromatic carbocycles. The largest absolute Gasteiger partial charge is 0.474 e. The van der Waals surface area contributed by atoms with E-state index in [1.165, 1.54) is 43.4 Å². The Morgan fingerprint density at radius 2 is 1.58 bits per heavy atom. The molecular weight excluding hydrogens is 242 g/mol. The van der Waals surface area contributed by atoms with Crippen molar-refractivity contribution in [3.63, 3.8) is 0 Å². The maximum absolute atomic E-state index is 11.4. The highest BCUT2D eigenvalue weighted by molar-refractivity contribution is 6.31. The van der Waals surface area contributed by atoms with Gasteiger partial charge in [-0.1, -0.05) is 0 Å². The van der Waals surface area contributed by atoms with Gasteiger partial charge in [-0.25, -0.2) is 4.79 Å². The number of carbonyl (C=O) groups excluding carboxylic acids is 1. The van der Waals surface area contributed by atoms with Gasteiger partial charge < -0.3 is 10.0 Å². The zero-order valence-electron chi connectivity index (χ0n) is 11.6. The van der Waals surface area contributed by atoms with Gasteiger partial charge in [0.15, 0.2) is 0 Å². The van der Waals surface area contributed by atoms with Crippen LogP contribution < -0.4 is 0 Å². The third-order valence-electron chi connectivity index (χ3n) is 5.67. The molecule has 0 unspecified atom stereocenters. The molecule has 0 heterocycles. The second kappa shape index (κ2) is 4.50. The summed E-state index contributed by atoms with van der Waals surface area (Å²) in [6.07, 6.45) is 9.19. The van der Waals surface area contributed by atoms with Crippen molar-refractivity contribution in [2.45, 2.75) is 44.9 Å². The van der Waals surface area contributed by atoms with Crippen LogP contribution in [0.4, 0.5) is 0 Å². The topological polar surface area (TPSA) is 57.6 Å². The third kappa shape index (κ3) is 2.37. The number of nitrogens with zero attached hydrogens (tertiary/aromatic N) is 1. The number of aliphatic carboxylic acids is 1. The molecular formula is C15H23NO3. The van der Waals surface area contributed by atoms with Gasteiger partial charge in [-0.2, -0.15) is 0 Å². The van der Waals surface area contributed by atoms with Crippen molar-refractivity contribution in [2.24, 2.45) is 23.2 Å². The lowest BCUT2D eigenvalue weighted by Gasteiger charge is -2.57. The van der Waals surface area contributed by atoms with Gasteiger partial charge in [-0.3, -0.25) is 4.79 Å². The minimum absolute atomic E-state index is 0.418. The Morgan fingerprint density at radius 3 is 2.00 bits per heavy atom. The van der Waals surface area contributed by atoms with Gasteiger partial charge in [0.05, 0.1) is 0 Å². The number of carbonyl (C=O) groups is 2. The van der Waals surface area contributed by atoms with Gasteiger partial charge in [0.2, 0.25) is 0 Å². The molecule has 0 atom stereocenters. The van der Waals surface area contributed by atoms with E-state index < -0.39 is 11.9 Å². The molecule has 106 valence electrons. The van der Waals surface area contributed by atoms with Crippen LogP contribution in [0.15, 0.2) is 0 Å². The molecule has 0 aliphatic heterocycles. The fourth-order valence-corrected chi connectivity index (χ4v) is 5.27. The minimum Gasteiger partial charge on any atom is -0.474 e. The molecule has 0 aromatic rings. The summed E-state index contributed by atoms with van der Waals surface area (Å²) in [5.41, 5.74) is 0.418. The second-order valence-electron chi connectivity index (χ2n) is 7.20. The van der Waals surface area contributed by atoms with Gasteiger partial charge in [0.1, 0.15) is 0 Å². The Morgan fingerprint density at radius 1 is 1.11 bits per heavy atom. The van der Waals surface area contributed by atoms with E-state index in [4.69, 9.17) is 5.11 Å². The van der Waals surface area contributed by atoms with Crippen molar-refractivity contribution < 1.29 is 14.7 Å². The summed E-state index contributed by atoms with van der Waals surface area (Å²) in [4.78, 5) is 23.4. The van der Waals surface area contributed by atoms with E-state index >= 15 is 0 Å². The number of rotatable bonds is 3. The average molecular weight is 265 g/mol. The van der Waals surface area contributed by atoms with Crippen LogP contribution in [-0.4, -0.2) is 35.5 Å². The van der Waals surface area contributed by atoms with E-state index in [1.807, 2.05) is 0 Å². The van der Waals surface area contributed by atoms with E-state index in [-0.39, 0.29) is 0 Å². The lowest BCUT2D eigenvalue weighted by Crippen LogP contribution is -2.47. The van der Waals surface area contributed by atoms with Crippen molar-refractivity contribution in [3.05, 3.63) is 0 Å². The summed E-state index contributed by atoms with van der Waals surface area (Å²) in [6.45, 7) is 0.595. The number of likely N-dealkylation sites (N-methyl/N-ethyl adjacent to an activating group) is 1. The predicted molar refractivity (Wildman–Crippen MR) is 70.5 cm³/mol. The van der Waals surface area contributed by atoms with Crippen LogP contribution in [0.2, 0.25) is 0 Å². The first kappa shape index (κ1) is 12.9. The van der Waals surface area contributed by atoms with Crippen LogP contribution in [0.3, 0.4) is 0 Å². The first-order valence-corrected chi connectivity index (χ1v) is 7.46. The smallest absolute Gasteiger partial charge is 0.394 e. The summed E-state index contributed by atoms with van der Waals surface area (Å²) >= 11 is 0. The van der Waals surface area contributed by atoms with Crippen LogP contribution in [0.5, 0.6) is 0 Å². The molecule has 4 aliphatic carbocycles. The van der Waals surface area contributed by atoms with E-state index in [0.29, 0.717) is 12.0 Å². The third-order valence-corrected chi connectivity index (χ3v) is 5.67. The van der Waals surface area contributed by atoms with Crippen molar-refractivity contribution in [2.75, 3.05) is 13.6 Å². The molecule has 0 spiro atoms. The standard InChI is InChI=1S/C15H23NO3/c1-16(13(17)14(18)19)3-2-15-7-10-4-11(8-15)6-12(5-10)9-15/h10-12H,2-9H2,1H3,(H,18,19). The van der Waals surface area contributed by atoms with Crippen LogP contribution in [0.25, 0.3) is 0 Å². The van der Waals surface area contributed by atoms with Crippen LogP contribution in [-0.2, 0) is 9.59 Å². The van der Waals surface area contributed by atoms with Crippen molar-refractivity contribution >= 4 is 11.9 Å². The zero-order valence-corrected chi connectivity index (χ0v) is 11.6. The van der Waals surface area contributed by atoms with Crippen molar-refractivity contribution in [1.82, 2.24) is 4.90 Å². The van der Waals surface area contributed by atoms with Gasteiger partial charge in [0, 0.05) is 13.6 Å². The van der Waals surface area contributed by atoms with Crippen molar-refractivity contribution in [3.8, 4) is 0 Å². The first-order chi connectivity index (χ1) is 8.97. The van der Waals surface area contributed by atoms with Crippen LogP contribution in [0.1, 0.15) is 44.9 Å². The summed E-state index contributed by atoms with van der Waals surface area (Å²) in [7, 11) is 1.61. The lowest BCUT2D eigenvalue weighted by molar-refractivity contribution is -0.155. The Kier molecular flexibility index (Phi) is 3.06. The van der Waals surface area contributed by atoms with Crippen LogP contribution in [0, 0.1) is 23.2 Å². The molecule has 0 aromatic heterocycles. The number of carboxylic acid groups (broad SMARTS) is 1. The molecule has 0 saturated heterocycles. The average Bonchev–Trinajstić information content (AvgIpc) is 2.33. The SMILES string of the molecule is CN(CCC12CC3CC(CC(C3)C1)C2)C(=O)C(=O)O. The zero-order chi connectivity index (χ0) is 13.6. The Hall–Kier alpha value is -1.06. The molecule has 4 fully saturated rings. The predicted octanol–water partition coefficient (Wildman–Crippen LogP) is 2.14. The summed E-state index contributed by atoms with van der Waals surface area (Å²) < 4.78 is 0. The van der Waals surface area contributed by atoms with E-state index in [1.54, 1.807) is 7.05 Å². The fourth-order valence-electron chi connectivity index (χ4n) is 5.27. The molecule has 19 heavy (non-hydrogen) atoms. The molecule has 4 nitrogen and oxygen atoms in total. The first-order valence-electron chi connectivity index (χ1n) is 7.46. The van der Waals surface area contributed by atoms with Gasteiger partial charge in [-0.05, 0) is 68.1 Å². The number of hydrogen-bond donors (Lipinski definition) is 1. The molecule has 0 radical (unpaired) electrons. The van der Waals surface area contributed by atoms with E-state index in [9.17, 15) is 9.59 Å². The number of amides is 1. The highest BCUT2D eigenvalue weighted by Crippen LogP contribution is 2.61. The molecule has 1 amide bonds. The van der Waals surface area contributed by atoms with Gasteiger partial charge >= 0.3 is 11.9 Å². The van der Waals surface area contributed by atoms with Gasteiger partial charge in [-0.15, -0.1) is 0 Å².